The van der Waals surface area contributed by atoms with Gasteiger partial charge >= 0.3 is 0 Å². The van der Waals surface area contributed by atoms with Crippen LogP contribution in [0.25, 0.3) is 0 Å². The first-order valence-corrected chi connectivity index (χ1v) is 2.76. The monoisotopic (exact) mass is 164 g/mol. The van der Waals surface area contributed by atoms with Crippen LogP contribution in [0.4, 0.5) is 14.5 Å². The lowest BCUT2D eigenvalue weighted by molar-refractivity contribution is 0.514. The lowest BCUT2D eigenvalue weighted by atomic mass is 10.4. The zero-order chi connectivity index (χ0) is 7.72. The molecule has 0 aliphatic carbocycles. The molecule has 1 aromatic heterocycles. The third kappa shape index (κ3) is 1.16. The van der Waals surface area contributed by atoms with Gasteiger partial charge in [0.05, 0.1) is 5.69 Å². The molecule has 1 aromatic rings. The summed E-state index contributed by atoms with van der Waals surface area (Å²) >= 11 is 5.22. The highest BCUT2D eigenvalue weighted by molar-refractivity contribution is 6.33. The van der Waals surface area contributed by atoms with Gasteiger partial charge in [0.15, 0.2) is 0 Å². The summed E-state index contributed by atoms with van der Waals surface area (Å²) < 4.78 is 24.4. The van der Waals surface area contributed by atoms with Gasteiger partial charge in [-0.15, -0.1) is 0 Å². The second-order valence-electron chi connectivity index (χ2n) is 1.64. The van der Waals surface area contributed by atoms with Crippen molar-refractivity contribution in [2.75, 3.05) is 5.73 Å². The summed E-state index contributed by atoms with van der Waals surface area (Å²) in [6.45, 7) is 0. The van der Waals surface area contributed by atoms with E-state index in [2.05, 4.69) is 4.98 Å². The van der Waals surface area contributed by atoms with E-state index in [1.54, 1.807) is 0 Å². The van der Waals surface area contributed by atoms with Gasteiger partial charge < -0.3 is 5.73 Å². The van der Waals surface area contributed by atoms with Gasteiger partial charge in [-0.1, -0.05) is 11.6 Å². The molecule has 0 aromatic carbocycles. The van der Waals surface area contributed by atoms with E-state index in [1.165, 1.54) is 0 Å². The van der Waals surface area contributed by atoms with E-state index in [0.717, 1.165) is 6.07 Å². The summed E-state index contributed by atoms with van der Waals surface area (Å²) in [6, 6.07) is 0.853. The zero-order valence-electron chi connectivity index (χ0n) is 4.74. The van der Waals surface area contributed by atoms with Crippen LogP contribution in [0, 0.1) is 11.9 Å². The molecule has 0 bridgehead atoms. The zero-order valence-corrected chi connectivity index (χ0v) is 5.49. The molecule has 10 heavy (non-hydrogen) atoms. The summed E-state index contributed by atoms with van der Waals surface area (Å²) in [5.74, 6) is -2.06. The molecule has 54 valence electrons. The highest BCUT2D eigenvalue weighted by atomic mass is 35.5. The second kappa shape index (κ2) is 2.38. The molecule has 0 amide bonds. The maximum absolute atomic E-state index is 12.3. The van der Waals surface area contributed by atoms with Crippen molar-refractivity contribution < 1.29 is 8.78 Å². The predicted octanol–water partition coefficient (Wildman–Crippen LogP) is 1.60. The summed E-state index contributed by atoms with van der Waals surface area (Å²) in [6.07, 6.45) is 0. The average Bonchev–Trinajstić information content (AvgIpc) is 1.82. The molecule has 0 radical (unpaired) electrons. The van der Waals surface area contributed by atoms with Gasteiger partial charge in [-0.2, -0.15) is 13.8 Å². The Morgan fingerprint density at radius 1 is 1.50 bits per heavy atom. The first kappa shape index (κ1) is 7.21. The van der Waals surface area contributed by atoms with Crippen molar-refractivity contribution in [2.24, 2.45) is 0 Å². The number of halogens is 3. The standard InChI is InChI=1S/C5H3ClF2N2/c6-4-2(9)1-3(7)10-5(4)8/h1H,(H2,9,10). The molecule has 0 saturated heterocycles. The molecule has 0 unspecified atom stereocenters. The van der Waals surface area contributed by atoms with Crippen LogP contribution in [0.3, 0.4) is 0 Å². The van der Waals surface area contributed by atoms with Crippen molar-refractivity contribution >= 4 is 17.3 Å². The number of nitrogens with zero attached hydrogens (tertiary/aromatic N) is 1. The Bertz CT molecular complexity index is 241. The molecule has 2 N–H and O–H groups in total. The average molecular weight is 165 g/mol. The van der Waals surface area contributed by atoms with Crippen molar-refractivity contribution in [3.63, 3.8) is 0 Å². The Morgan fingerprint density at radius 3 is 2.60 bits per heavy atom. The van der Waals surface area contributed by atoms with Gasteiger partial charge in [0.25, 0.3) is 0 Å². The number of pyridine rings is 1. The first-order valence-electron chi connectivity index (χ1n) is 2.38. The molecule has 1 rings (SSSR count). The number of anilines is 1. The Balaban J connectivity index is 3.31. The van der Waals surface area contributed by atoms with E-state index < -0.39 is 11.9 Å². The lowest BCUT2D eigenvalue weighted by Gasteiger charge is -1.96. The third-order valence-electron chi connectivity index (χ3n) is 0.914. The molecule has 0 fully saturated rings. The Morgan fingerprint density at radius 2 is 2.10 bits per heavy atom. The smallest absolute Gasteiger partial charge is 0.236 e. The largest absolute Gasteiger partial charge is 0.397 e. The van der Waals surface area contributed by atoms with Crippen LogP contribution in [0.5, 0.6) is 0 Å². The summed E-state index contributed by atoms with van der Waals surface area (Å²) in [4.78, 5) is 2.79. The van der Waals surface area contributed by atoms with Crippen LogP contribution in [0.1, 0.15) is 0 Å². The van der Waals surface area contributed by atoms with Gasteiger partial charge in [0, 0.05) is 6.07 Å². The van der Waals surface area contributed by atoms with Crippen molar-refractivity contribution in [1.82, 2.24) is 4.98 Å². The van der Waals surface area contributed by atoms with E-state index in [4.69, 9.17) is 17.3 Å². The van der Waals surface area contributed by atoms with Gasteiger partial charge in [0.1, 0.15) is 5.02 Å². The van der Waals surface area contributed by atoms with E-state index in [1.807, 2.05) is 0 Å². The molecule has 0 aliphatic rings. The van der Waals surface area contributed by atoms with Crippen molar-refractivity contribution in [2.45, 2.75) is 0 Å². The normalized spacial score (nSPS) is 9.90. The molecule has 0 spiro atoms. The van der Waals surface area contributed by atoms with Crippen LogP contribution in [-0.2, 0) is 0 Å². The minimum Gasteiger partial charge on any atom is -0.397 e. The maximum atomic E-state index is 12.3. The number of nitrogens with two attached hydrogens (primary N) is 1. The SMILES string of the molecule is Nc1cc(F)nc(F)c1Cl. The van der Waals surface area contributed by atoms with Crippen molar-refractivity contribution in [1.29, 1.82) is 0 Å². The molecular weight excluding hydrogens is 162 g/mol. The predicted molar refractivity (Wildman–Crippen MR) is 33.6 cm³/mol. The molecule has 2 nitrogen and oxygen atoms in total. The topological polar surface area (TPSA) is 38.9 Å². The van der Waals surface area contributed by atoms with Gasteiger partial charge in [0.2, 0.25) is 11.9 Å². The summed E-state index contributed by atoms with van der Waals surface area (Å²) in [7, 11) is 0. The van der Waals surface area contributed by atoms with Crippen LogP contribution in [-0.4, -0.2) is 4.98 Å². The van der Waals surface area contributed by atoms with E-state index >= 15 is 0 Å². The van der Waals surface area contributed by atoms with Crippen LogP contribution >= 0.6 is 11.6 Å². The summed E-state index contributed by atoms with van der Waals surface area (Å²) in [5.41, 5.74) is 4.92. The molecule has 0 atom stereocenters. The first-order chi connectivity index (χ1) is 4.61. The van der Waals surface area contributed by atoms with Gasteiger partial charge in [-0.3, -0.25) is 0 Å². The Hall–Kier alpha value is -0.900. The van der Waals surface area contributed by atoms with Crippen molar-refractivity contribution in [3.05, 3.63) is 23.0 Å². The molecule has 0 aliphatic heterocycles. The number of hydrogen-bond donors (Lipinski definition) is 1. The van der Waals surface area contributed by atoms with Crippen LogP contribution in [0.2, 0.25) is 5.02 Å². The van der Waals surface area contributed by atoms with E-state index in [-0.39, 0.29) is 10.7 Å². The number of rotatable bonds is 0. The van der Waals surface area contributed by atoms with Crippen LogP contribution < -0.4 is 5.73 Å². The highest BCUT2D eigenvalue weighted by Gasteiger charge is 2.06. The fourth-order valence-electron chi connectivity index (χ4n) is 0.486. The minimum atomic E-state index is -1.08. The number of hydrogen-bond acceptors (Lipinski definition) is 2. The molecular formula is C5H3ClF2N2. The highest BCUT2D eigenvalue weighted by Crippen LogP contribution is 2.20. The number of aromatic nitrogens is 1. The molecule has 5 heteroatoms. The van der Waals surface area contributed by atoms with Crippen LogP contribution in [0.15, 0.2) is 6.07 Å². The van der Waals surface area contributed by atoms with E-state index in [0.29, 0.717) is 0 Å². The van der Waals surface area contributed by atoms with Gasteiger partial charge in [-0.05, 0) is 0 Å². The second-order valence-corrected chi connectivity index (χ2v) is 2.02. The minimum absolute atomic E-state index is 0.147. The van der Waals surface area contributed by atoms with Gasteiger partial charge in [-0.25, -0.2) is 0 Å². The maximum Gasteiger partial charge on any atom is 0.236 e. The quantitative estimate of drug-likeness (QED) is 0.592. The van der Waals surface area contributed by atoms with E-state index in [9.17, 15) is 8.78 Å². The summed E-state index contributed by atoms with van der Waals surface area (Å²) in [5, 5.41) is -0.346. The fourth-order valence-corrected chi connectivity index (χ4v) is 0.583. The Kier molecular flexibility index (Phi) is 1.72. The van der Waals surface area contributed by atoms with Crippen molar-refractivity contribution in [3.8, 4) is 0 Å². The molecule has 1 heterocycles. The molecule has 0 saturated carbocycles. The fraction of sp³-hybridized carbons (Fsp3) is 0. The Labute approximate surface area is 60.6 Å². The third-order valence-corrected chi connectivity index (χ3v) is 1.29. The lowest BCUT2D eigenvalue weighted by Crippen LogP contribution is -1.95. The number of nitrogen functional groups attached to an aromatic ring is 1.